The summed E-state index contributed by atoms with van der Waals surface area (Å²) in [6.45, 7) is 3.03. The number of nitrogens with zero attached hydrogens (tertiary/aromatic N) is 4. The van der Waals surface area contributed by atoms with Crippen molar-refractivity contribution in [3.8, 4) is 0 Å². The summed E-state index contributed by atoms with van der Waals surface area (Å²) < 4.78 is 4.93. The number of H-pyrrole nitrogens is 1. The zero-order valence-electron chi connectivity index (χ0n) is 9.71. The first kappa shape index (κ1) is 10.7. The maximum absolute atomic E-state index is 5.31. The van der Waals surface area contributed by atoms with Crippen molar-refractivity contribution < 1.29 is 0 Å². The van der Waals surface area contributed by atoms with Crippen LogP contribution < -0.4 is 0 Å². The third kappa shape index (κ3) is 2.04. The number of hydrogen-bond acceptors (Lipinski definition) is 3. The maximum atomic E-state index is 5.31. The molecule has 90 valence electrons. The Hall–Kier alpha value is -1.43. The quantitative estimate of drug-likeness (QED) is 0.846. The largest absolute Gasteiger partial charge is 0.335 e. The third-order valence-corrected chi connectivity index (χ3v) is 3.44. The van der Waals surface area contributed by atoms with E-state index in [2.05, 4.69) is 31.2 Å². The molecule has 2 aromatic heterocycles. The summed E-state index contributed by atoms with van der Waals surface area (Å²) in [5.74, 6) is 1.72. The number of nitrogens with one attached hydrogen (secondary N) is 1. The fourth-order valence-electron chi connectivity index (χ4n) is 2.15. The lowest BCUT2D eigenvalue weighted by Gasteiger charge is -2.15. The molecule has 0 aromatic carbocycles. The van der Waals surface area contributed by atoms with E-state index in [1.54, 1.807) is 6.20 Å². The Balaban J connectivity index is 1.87. The van der Waals surface area contributed by atoms with Gasteiger partial charge in [0.05, 0.1) is 12.4 Å². The summed E-state index contributed by atoms with van der Waals surface area (Å²) in [5, 5.41) is 7.26. The summed E-state index contributed by atoms with van der Waals surface area (Å²) in [4.78, 5) is 4.05. The van der Waals surface area contributed by atoms with Crippen LogP contribution in [0.3, 0.4) is 0 Å². The highest BCUT2D eigenvalue weighted by Gasteiger charge is 2.30. The number of hydrogen-bond donors (Lipinski definition) is 1. The highest BCUT2D eigenvalue weighted by molar-refractivity contribution is 7.71. The Morgan fingerprint density at radius 3 is 3.06 bits per heavy atom. The van der Waals surface area contributed by atoms with E-state index in [1.165, 1.54) is 12.8 Å². The van der Waals surface area contributed by atoms with Gasteiger partial charge < -0.3 is 4.57 Å². The lowest BCUT2D eigenvalue weighted by molar-refractivity contribution is 0.446. The monoisotopic (exact) mass is 249 g/mol. The lowest BCUT2D eigenvalue weighted by atomic mass is 10.3. The second kappa shape index (κ2) is 4.10. The van der Waals surface area contributed by atoms with Crippen LogP contribution in [0.4, 0.5) is 0 Å². The van der Waals surface area contributed by atoms with E-state index in [1.807, 2.05) is 12.5 Å². The maximum Gasteiger partial charge on any atom is 0.195 e. The van der Waals surface area contributed by atoms with Crippen LogP contribution >= 0.6 is 12.2 Å². The fourth-order valence-corrected chi connectivity index (χ4v) is 2.47. The molecule has 1 fully saturated rings. The van der Waals surface area contributed by atoms with Gasteiger partial charge in [0.1, 0.15) is 5.82 Å². The zero-order chi connectivity index (χ0) is 11.8. The van der Waals surface area contributed by atoms with Crippen LogP contribution in [0, 0.1) is 4.77 Å². The van der Waals surface area contributed by atoms with E-state index in [-0.39, 0.29) is 0 Å². The molecule has 2 heterocycles. The van der Waals surface area contributed by atoms with Crippen LogP contribution in [0.5, 0.6) is 0 Å². The van der Waals surface area contributed by atoms with Crippen molar-refractivity contribution >= 4 is 12.2 Å². The number of aromatic amines is 1. The van der Waals surface area contributed by atoms with Gasteiger partial charge in [0.2, 0.25) is 0 Å². The van der Waals surface area contributed by atoms with Crippen LogP contribution in [0.15, 0.2) is 18.7 Å². The molecule has 3 rings (SSSR count). The van der Waals surface area contributed by atoms with Crippen molar-refractivity contribution in [3.63, 3.8) is 0 Å². The molecule has 1 saturated carbocycles. The third-order valence-electron chi connectivity index (χ3n) is 3.15. The van der Waals surface area contributed by atoms with Crippen molar-refractivity contribution in [2.75, 3.05) is 0 Å². The fraction of sp³-hybridized carbons (Fsp3) is 0.545. The van der Waals surface area contributed by atoms with Gasteiger partial charge in [-0.05, 0) is 32.0 Å². The molecule has 0 bridgehead atoms. The molecular formula is C11H15N5S. The Morgan fingerprint density at radius 1 is 1.59 bits per heavy atom. The van der Waals surface area contributed by atoms with E-state index < -0.39 is 0 Å². The van der Waals surface area contributed by atoms with Gasteiger partial charge in [-0.2, -0.15) is 5.10 Å². The van der Waals surface area contributed by atoms with Crippen molar-refractivity contribution in [3.05, 3.63) is 29.3 Å². The first-order valence-corrected chi connectivity index (χ1v) is 6.29. The molecule has 0 amide bonds. The summed E-state index contributed by atoms with van der Waals surface area (Å²) in [6, 6.07) is 0.297. The predicted octanol–water partition coefficient (Wildman–Crippen LogP) is 2.28. The van der Waals surface area contributed by atoms with E-state index in [0.29, 0.717) is 12.0 Å². The van der Waals surface area contributed by atoms with Crippen LogP contribution in [-0.4, -0.2) is 24.3 Å². The molecule has 17 heavy (non-hydrogen) atoms. The minimum atomic E-state index is 0.297. The molecule has 1 N–H and O–H groups in total. The van der Waals surface area contributed by atoms with Crippen LogP contribution in [0.2, 0.25) is 0 Å². The van der Waals surface area contributed by atoms with Crippen molar-refractivity contribution in [2.24, 2.45) is 0 Å². The van der Waals surface area contributed by atoms with Gasteiger partial charge in [0, 0.05) is 24.9 Å². The Kier molecular flexibility index (Phi) is 2.58. The summed E-state index contributed by atoms with van der Waals surface area (Å²) >= 11 is 5.31. The molecule has 0 aliphatic heterocycles. The molecule has 0 spiro atoms. The molecule has 1 aliphatic rings. The van der Waals surface area contributed by atoms with Crippen LogP contribution in [0.25, 0.3) is 0 Å². The van der Waals surface area contributed by atoms with Crippen molar-refractivity contribution in [2.45, 2.75) is 38.3 Å². The summed E-state index contributed by atoms with van der Waals surface area (Å²) in [5.41, 5.74) is 0. The molecule has 1 unspecified atom stereocenters. The Labute approximate surface area is 104 Å². The molecule has 0 radical (unpaired) electrons. The van der Waals surface area contributed by atoms with E-state index in [9.17, 15) is 0 Å². The van der Waals surface area contributed by atoms with Gasteiger partial charge >= 0.3 is 0 Å². The van der Waals surface area contributed by atoms with Gasteiger partial charge in [-0.25, -0.2) is 4.98 Å². The summed E-state index contributed by atoms with van der Waals surface area (Å²) in [7, 11) is 0. The number of aromatic nitrogens is 5. The minimum absolute atomic E-state index is 0.297. The van der Waals surface area contributed by atoms with Gasteiger partial charge in [0.25, 0.3) is 0 Å². The second-order valence-corrected chi connectivity index (χ2v) is 5.03. The van der Waals surface area contributed by atoms with Crippen molar-refractivity contribution in [1.29, 1.82) is 0 Å². The highest BCUT2D eigenvalue weighted by Crippen LogP contribution is 2.39. The normalized spacial score (nSPS) is 17.2. The molecule has 5 nitrogen and oxygen atoms in total. The molecule has 0 saturated heterocycles. The predicted molar refractivity (Wildman–Crippen MR) is 66.3 cm³/mol. The molecule has 1 aliphatic carbocycles. The number of rotatable bonds is 4. The SMILES string of the molecule is CC(Cn1ccnc1)n1c(C2CC2)n[nH]c1=S. The average molecular weight is 249 g/mol. The topological polar surface area (TPSA) is 51.4 Å². The van der Waals surface area contributed by atoms with Gasteiger partial charge in [-0.1, -0.05) is 0 Å². The smallest absolute Gasteiger partial charge is 0.195 e. The van der Waals surface area contributed by atoms with Crippen LogP contribution in [-0.2, 0) is 6.54 Å². The Bertz CT molecular complexity index is 549. The van der Waals surface area contributed by atoms with E-state index in [4.69, 9.17) is 12.2 Å². The average Bonchev–Trinajstić information content (AvgIpc) is 2.88. The minimum Gasteiger partial charge on any atom is -0.335 e. The van der Waals surface area contributed by atoms with Crippen LogP contribution in [0.1, 0.15) is 37.5 Å². The standard InChI is InChI=1S/C11H15N5S/c1-8(6-15-5-4-12-7-15)16-10(9-2-3-9)13-14-11(16)17/h4-5,7-9H,2-3,6H2,1H3,(H,14,17). The first-order valence-electron chi connectivity index (χ1n) is 5.88. The zero-order valence-corrected chi connectivity index (χ0v) is 10.5. The summed E-state index contributed by atoms with van der Waals surface area (Å²) in [6.07, 6.45) is 8.06. The van der Waals surface area contributed by atoms with Gasteiger partial charge in [0.15, 0.2) is 4.77 Å². The molecular weight excluding hydrogens is 234 g/mol. The lowest BCUT2D eigenvalue weighted by Crippen LogP contribution is -2.14. The number of imidazole rings is 1. The van der Waals surface area contributed by atoms with E-state index in [0.717, 1.165) is 17.1 Å². The second-order valence-electron chi connectivity index (χ2n) is 4.64. The first-order chi connectivity index (χ1) is 8.25. The van der Waals surface area contributed by atoms with Gasteiger partial charge in [-0.15, -0.1) is 0 Å². The Morgan fingerprint density at radius 2 is 2.41 bits per heavy atom. The van der Waals surface area contributed by atoms with Crippen molar-refractivity contribution in [1.82, 2.24) is 24.3 Å². The molecule has 2 aromatic rings. The molecule has 1 atom stereocenters. The highest BCUT2D eigenvalue weighted by atomic mass is 32.1. The van der Waals surface area contributed by atoms with E-state index >= 15 is 0 Å². The molecule has 6 heteroatoms. The van der Waals surface area contributed by atoms with Gasteiger partial charge in [-0.3, -0.25) is 9.67 Å².